The molecule has 162 valence electrons. The van der Waals surface area contributed by atoms with Crippen molar-refractivity contribution in [3.63, 3.8) is 0 Å². The number of nitrogens with one attached hydrogen (secondary N) is 1. The maximum Gasteiger partial charge on any atom is 0.266 e. The fourth-order valence-corrected chi connectivity index (χ4v) is 3.95. The van der Waals surface area contributed by atoms with Crippen molar-refractivity contribution in [3.8, 4) is 29.3 Å². The number of anilines is 2. The zero-order valence-electron chi connectivity index (χ0n) is 16.5. The Hall–Kier alpha value is -3.51. The van der Waals surface area contributed by atoms with Gasteiger partial charge in [-0.05, 0) is 25.1 Å². The van der Waals surface area contributed by atoms with Crippen molar-refractivity contribution in [1.82, 2.24) is 10.3 Å². The van der Waals surface area contributed by atoms with Gasteiger partial charge in [-0.1, -0.05) is 39.6 Å². The molecule has 10 nitrogen and oxygen atoms in total. The quantitative estimate of drug-likeness (QED) is 0.403. The van der Waals surface area contributed by atoms with Crippen molar-refractivity contribution in [3.05, 3.63) is 39.4 Å². The Bertz CT molecular complexity index is 1290. The van der Waals surface area contributed by atoms with Crippen LogP contribution in [-0.4, -0.2) is 21.4 Å². The fourth-order valence-electron chi connectivity index (χ4n) is 2.74. The monoisotopic (exact) mass is 489 g/mol. The number of nitrogens with two attached hydrogens (primary N) is 1. The Morgan fingerprint density at radius 2 is 2.00 bits per heavy atom. The lowest BCUT2D eigenvalue weighted by Gasteiger charge is -2.15. The molecule has 0 bridgehead atoms. The number of thioether (sulfide) groups is 1. The SMILES string of the molecule is CC(Sc1nc(N)c(C#N)c(-c2c([O-])on[n+]2C)c1C#N)C(=O)Nc1ccc(Cl)c(Cl)c1. The zero-order valence-corrected chi connectivity index (χ0v) is 18.8. The number of aryl methyl sites for hydroxylation is 1. The van der Waals surface area contributed by atoms with Crippen LogP contribution < -0.4 is 20.8 Å². The van der Waals surface area contributed by atoms with E-state index < -0.39 is 17.1 Å². The van der Waals surface area contributed by atoms with E-state index in [0.29, 0.717) is 10.7 Å². The fraction of sp³-hybridized carbons (Fsp3) is 0.158. The van der Waals surface area contributed by atoms with Crippen molar-refractivity contribution < 1.29 is 19.1 Å². The number of halogens is 2. The number of rotatable bonds is 5. The van der Waals surface area contributed by atoms with Gasteiger partial charge in [-0.3, -0.25) is 4.79 Å². The number of hydrogen-bond donors (Lipinski definition) is 2. The molecule has 0 aliphatic heterocycles. The third-order valence-electron chi connectivity index (χ3n) is 4.26. The number of nitrogen functional groups attached to an aromatic ring is 1. The summed E-state index contributed by atoms with van der Waals surface area (Å²) in [6.45, 7) is 1.59. The van der Waals surface area contributed by atoms with E-state index in [1.807, 2.05) is 12.1 Å². The minimum absolute atomic E-state index is 0.0594. The zero-order chi connectivity index (χ0) is 23.6. The topological polar surface area (TPSA) is 169 Å². The van der Waals surface area contributed by atoms with E-state index in [-0.39, 0.29) is 38.3 Å². The smallest absolute Gasteiger partial charge is 0.266 e. The van der Waals surface area contributed by atoms with Gasteiger partial charge >= 0.3 is 0 Å². The summed E-state index contributed by atoms with van der Waals surface area (Å²) in [4.78, 5) is 16.8. The van der Waals surface area contributed by atoms with Crippen molar-refractivity contribution in [2.45, 2.75) is 17.2 Å². The van der Waals surface area contributed by atoms with Gasteiger partial charge in [0.05, 0.1) is 31.7 Å². The first kappa shape index (κ1) is 23.2. The van der Waals surface area contributed by atoms with Crippen LogP contribution in [0.2, 0.25) is 10.0 Å². The predicted octanol–water partition coefficient (Wildman–Crippen LogP) is 2.39. The summed E-state index contributed by atoms with van der Waals surface area (Å²) in [5, 5.41) is 37.6. The maximum atomic E-state index is 12.7. The highest BCUT2D eigenvalue weighted by molar-refractivity contribution is 8.00. The van der Waals surface area contributed by atoms with E-state index in [1.54, 1.807) is 19.1 Å². The first-order valence-corrected chi connectivity index (χ1v) is 10.4. The number of benzene rings is 1. The van der Waals surface area contributed by atoms with Gasteiger partial charge in [-0.25, -0.2) is 4.98 Å². The largest absolute Gasteiger partial charge is 0.539 e. The number of carbonyl (C=O) groups is 1. The maximum absolute atomic E-state index is 12.7. The standard InChI is InChI=1S/C19H13Cl2N7O3S/c1-8(17(29)25-9-3-4-12(20)13(21)5-9)32-18-11(7-23)14(10(6-22)16(24)26-18)15-19(30)31-27-28(15)2/h3-5,8H,1-2H3,(H3-,24,25,26,27,29,30). The van der Waals surface area contributed by atoms with Gasteiger partial charge in [0.25, 0.3) is 5.69 Å². The van der Waals surface area contributed by atoms with Crippen molar-refractivity contribution in [2.24, 2.45) is 7.05 Å². The number of pyridine rings is 1. The molecule has 0 radical (unpaired) electrons. The van der Waals surface area contributed by atoms with Crippen LogP contribution in [0.15, 0.2) is 27.7 Å². The Morgan fingerprint density at radius 3 is 2.56 bits per heavy atom. The van der Waals surface area contributed by atoms with Gasteiger partial charge in [0.1, 0.15) is 28.5 Å². The van der Waals surface area contributed by atoms with Crippen LogP contribution in [0.25, 0.3) is 11.3 Å². The summed E-state index contributed by atoms with van der Waals surface area (Å²) in [6.07, 6.45) is 0. The highest BCUT2D eigenvalue weighted by atomic mass is 35.5. The van der Waals surface area contributed by atoms with Crippen LogP contribution in [0.1, 0.15) is 18.1 Å². The van der Waals surface area contributed by atoms with Crippen LogP contribution in [0.3, 0.4) is 0 Å². The average molecular weight is 490 g/mol. The first-order chi connectivity index (χ1) is 15.2. The van der Waals surface area contributed by atoms with Crippen molar-refractivity contribution >= 4 is 52.4 Å². The Labute approximate surface area is 196 Å². The molecule has 1 unspecified atom stereocenters. The second-order valence-electron chi connectivity index (χ2n) is 6.36. The molecule has 0 spiro atoms. The molecule has 2 heterocycles. The lowest BCUT2D eigenvalue weighted by atomic mass is 10.0. The Kier molecular flexibility index (Phi) is 6.75. The molecule has 0 fully saturated rings. The summed E-state index contributed by atoms with van der Waals surface area (Å²) in [5.41, 5.74) is 5.88. The van der Waals surface area contributed by atoms with E-state index in [0.717, 1.165) is 16.4 Å². The lowest BCUT2D eigenvalue weighted by molar-refractivity contribution is -0.730. The van der Waals surface area contributed by atoms with Gasteiger partial charge in [0.15, 0.2) is 13.0 Å². The second kappa shape index (κ2) is 9.32. The van der Waals surface area contributed by atoms with Crippen LogP contribution in [0.5, 0.6) is 5.95 Å². The number of amides is 1. The van der Waals surface area contributed by atoms with Crippen LogP contribution >= 0.6 is 35.0 Å². The van der Waals surface area contributed by atoms with Gasteiger partial charge in [-0.15, -0.1) is 0 Å². The van der Waals surface area contributed by atoms with Gasteiger partial charge in [0, 0.05) is 5.69 Å². The average Bonchev–Trinajstić information content (AvgIpc) is 3.08. The normalized spacial score (nSPS) is 11.4. The Balaban J connectivity index is 1.99. The predicted molar refractivity (Wildman–Crippen MR) is 115 cm³/mol. The molecule has 3 aromatic rings. The van der Waals surface area contributed by atoms with Gasteiger partial charge in [-0.2, -0.15) is 10.5 Å². The van der Waals surface area contributed by atoms with E-state index in [1.165, 1.54) is 13.1 Å². The highest BCUT2D eigenvalue weighted by Crippen LogP contribution is 2.38. The molecule has 1 amide bonds. The third-order valence-corrected chi connectivity index (χ3v) is 6.09. The van der Waals surface area contributed by atoms with Crippen LogP contribution in [0.4, 0.5) is 11.5 Å². The molecule has 3 rings (SSSR count). The third kappa shape index (κ3) is 4.41. The van der Waals surface area contributed by atoms with E-state index >= 15 is 0 Å². The van der Waals surface area contributed by atoms with Crippen molar-refractivity contribution in [2.75, 3.05) is 11.1 Å². The molecule has 2 aromatic heterocycles. The molecule has 1 atom stereocenters. The highest BCUT2D eigenvalue weighted by Gasteiger charge is 2.30. The second-order valence-corrected chi connectivity index (χ2v) is 8.51. The molecule has 1 aromatic carbocycles. The molecule has 0 aliphatic carbocycles. The molecule has 32 heavy (non-hydrogen) atoms. The summed E-state index contributed by atoms with van der Waals surface area (Å²) >= 11 is 12.8. The summed E-state index contributed by atoms with van der Waals surface area (Å²) in [7, 11) is 1.42. The summed E-state index contributed by atoms with van der Waals surface area (Å²) < 4.78 is 5.71. The number of nitriles is 2. The molecule has 13 heteroatoms. The summed E-state index contributed by atoms with van der Waals surface area (Å²) in [6, 6.07) is 8.42. The van der Waals surface area contributed by atoms with E-state index in [4.69, 9.17) is 28.9 Å². The summed E-state index contributed by atoms with van der Waals surface area (Å²) in [5.74, 6) is -1.47. The first-order valence-electron chi connectivity index (χ1n) is 8.77. The minimum atomic E-state index is -0.854. The van der Waals surface area contributed by atoms with Crippen LogP contribution in [0, 0.1) is 22.7 Å². The number of hydrogen-bond acceptors (Lipinski definition) is 9. The molecule has 0 saturated carbocycles. The Morgan fingerprint density at radius 1 is 1.31 bits per heavy atom. The number of carbonyl (C=O) groups excluding carboxylic acids is 1. The minimum Gasteiger partial charge on any atom is -0.539 e. The number of aromatic nitrogens is 3. The molecular weight excluding hydrogens is 477 g/mol. The van der Waals surface area contributed by atoms with E-state index in [9.17, 15) is 20.4 Å². The molecular formula is C19H13Cl2N7O3S. The molecule has 3 N–H and O–H groups in total. The van der Waals surface area contributed by atoms with Gasteiger partial charge in [0.2, 0.25) is 5.91 Å². The molecule has 0 saturated heterocycles. The molecule has 0 aliphatic rings. The van der Waals surface area contributed by atoms with E-state index in [2.05, 4.69) is 20.1 Å². The van der Waals surface area contributed by atoms with Crippen LogP contribution in [-0.2, 0) is 11.8 Å². The van der Waals surface area contributed by atoms with Crippen molar-refractivity contribution in [1.29, 1.82) is 10.5 Å². The number of nitrogens with zero attached hydrogens (tertiary/aromatic N) is 5. The lowest BCUT2D eigenvalue weighted by Crippen LogP contribution is -2.32. The van der Waals surface area contributed by atoms with Gasteiger partial charge < -0.3 is 20.7 Å².